The summed E-state index contributed by atoms with van der Waals surface area (Å²) in [7, 11) is 1.13. The predicted octanol–water partition coefficient (Wildman–Crippen LogP) is 4.16. The summed E-state index contributed by atoms with van der Waals surface area (Å²) in [6, 6.07) is 28.9. The molecular weight excluding hydrogens is 303 g/mol. The second-order valence-corrected chi connectivity index (χ2v) is 7.20. The van der Waals surface area contributed by atoms with Crippen molar-refractivity contribution in [3.8, 4) is 11.5 Å². The largest absolute Gasteiger partial charge is 0.497 e. The third-order valence-electron chi connectivity index (χ3n) is 3.56. The van der Waals surface area contributed by atoms with Crippen LogP contribution in [0.15, 0.2) is 84.9 Å². The lowest BCUT2D eigenvalue weighted by molar-refractivity contribution is 0.386. The molecule has 0 amide bonds. The summed E-state index contributed by atoms with van der Waals surface area (Å²) in [5.74, 6) is 1.70. The third kappa shape index (κ3) is 4.12. The molecule has 0 spiro atoms. The van der Waals surface area contributed by atoms with Gasteiger partial charge in [0.25, 0.3) is 0 Å². The second-order valence-electron chi connectivity index (χ2n) is 5.05. The van der Waals surface area contributed by atoms with Crippen molar-refractivity contribution >= 4 is 18.5 Å². The maximum absolute atomic E-state index is 6.05. The van der Waals surface area contributed by atoms with Crippen LogP contribution >= 0.6 is 7.92 Å². The molecule has 0 aliphatic rings. The smallest absolute Gasteiger partial charge is 0.120 e. The minimum absolute atomic E-state index is 0.539. The number of hydrogen-bond acceptors (Lipinski definition) is 2. The van der Waals surface area contributed by atoms with Crippen LogP contribution in [0.25, 0.3) is 0 Å². The van der Waals surface area contributed by atoms with Crippen molar-refractivity contribution < 1.29 is 9.47 Å². The molecule has 3 aromatic carbocycles. The lowest BCUT2D eigenvalue weighted by atomic mass is 10.3. The van der Waals surface area contributed by atoms with Crippen LogP contribution in [0.4, 0.5) is 0 Å². The first-order valence-corrected chi connectivity index (χ1v) is 9.04. The van der Waals surface area contributed by atoms with Gasteiger partial charge in [0.05, 0.1) is 7.11 Å². The average molecular weight is 322 g/mol. The molecular formula is C20H19O2P. The zero-order chi connectivity index (χ0) is 15.9. The molecule has 0 N–H and O–H groups in total. The van der Waals surface area contributed by atoms with Gasteiger partial charge >= 0.3 is 0 Å². The van der Waals surface area contributed by atoms with Gasteiger partial charge in [-0.2, -0.15) is 0 Å². The zero-order valence-electron chi connectivity index (χ0n) is 13.1. The van der Waals surface area contributed by atoms with E-state index >= 15 is 0 Å². The molecule has 0 aliphatic heterocycles. The fourth-order valence-corrected chi connectivity index (χ4v) is 4.26. The molecule has 0 fully saturated rings. The molecule has 0 saturated heterocycles. The van der Waals surface area contributed by atoms with E-state index in [0.717, 1.165) is 11.5 Å². The predicted molar refractivity (Wildman–Crippen MR) is 97.6 cm³/mol. The summed E-state index contributed by atoms with van der Waals surface area (Å²) in [5, 5.41) is 2.64. The highest BCUT2D eigenvalue weighted by atomic mass is 31.1. The van der Waals surface area contributed by atoms with Crippen LogP contribution in [0.5, 0.6) is 11.5 Å². The van der Waals surface area contributed by atoms with Gasteiger partial charge in [-0.3, -0.25) is 0 Å². The van der Waals surface area contributed by atoms with Gasteiger partial charge < -0.3 is 9.47 Å². The maximum Gasteiger partial charge on any atom is 0.120 e. The molecule has 0 aliphatic carbocycles. The second kappa shape index (κ2) is 7.80. The third-order valence-corrected chi connectivity index (χ3v) is 5.79. The van der Waals surface area contributed by atoms with E-state index in [4.69, 9.17) is 9.47 Å². The first kappa shape index (κ1) is 15.6. The summed E-state index contributed by atoms with van der Waals surface area (Å²) in [4.78, 5) is 0. The minimum atomic E-state index is -0.539. The van der Waals surface area contributed by atoms with Crippen molar-refractivity contribution in [3.05, 3.63) is 84.9 Å². The Morgan fingerprint density at radius 3 is 1.61 bits per heavy atom. The molecule has 0 bridgehead atoms. The van der Waals surface area contributed by atoms with E-state index in [1.807, 2.05) is 36.4 Å². The van der Waals surface area contributed by atoms with Crippen LogP contribution in [-0.4, -0.2) is 13.5 Å². The van der Waals surface area contributed by atoms with E-state index in [0.29, 0.717) is 6.35 Å². The first-order valence-electron chi connectivity index (χ1n) is 7.51. The number of rotatable bonds is 6. The van der Waals surface area contributed by atoms with Gasteiger partial charge in [0.1, 0.15) is 17.8 Å². The Labute approximate surface area is 138 Å². The van der Waals surface area contributed by atoms with Crippen LogP contribution < -0.4 is 20.1 Å². The minimum Gasteiger partial charge on any atom is -0.497 e. The topological polar surface area (TPSA) is 18.5 Å². The lowest BCUT2D eigenvalue weighted by Gasteiger charge is -2.19. The Hall–Kier alpha value is -2.31. The van der Waals surface area contributed by atoms with Crippen LogP contribution in [0.3, 0.4) is 0 Å². The van der Waals surface area contributed by atoms with Crippen molar-refractivity contribution in [2.24, 2.45) is 0 Å². The van der Waals surface area contributed by atoms with Gasteiger partial charge in [0.2, 0.25) is 0 Å². The van der Waals surface area contributed by atoms with Crippen molar-refractivity contribution in [1.82, 2.24) is 0 Å². The van der Waals surface area contributed by atoms with E-state index in [2.05, 4.69) is 48.5 Å². The van der Waals surface area contributed by atoms with Gasteiger partial charge in [-0.15, -0.1) is 0 Å². The van der Waals surface area contributed by atoms with E-state index in [1.165, 1.54) is 10.6 Å². The normalized spacial score (nSPS) is 10.5. The summed E-state index contributed by atoms with van der Waals surface area (Å²) in [5.41, 5.74) is 0. The average Bonchev–Trinajstić information content (AvgIpc) is 2.64. The number of benzene rings is 3. The molecule has 3 heteroatoms. The molecule has 116 valence electrons. The Kier molecular flexibility index (Phi) is 5.29. The van der Waals surface area contributed by atoms with Gasteiger partial charge in [0, 0.05) is 0 Å². The molecule has 2 nitrogen and oxygen atoms in total. The first-order chi connectivity index (χ1) is 11.4. The van der Waals surface area contributed by atoms with Crippen molar-refractivity contribution in [2.75, 3.05) is 13.5 Å². The highest BCUT2D eigenvalue weighted by molar-refractivity contribution is 7.72. The monoisotopic (exact) mass is 322 g/mol. The van der Waals surface area contributed by atoms with Crippen LogP contribution in [0.1, 0.15) is 0 Å². The van der Waals surface area contributed by atoms with Gasteiger partial charge in [0.15, 0.2) is 0 Å². The standard InChI is InChI=1S/C20H19O2P/c1-21-17-12-14-18(15-13-17)22-16-23(19-8-4-2-5-9-19)20-10-6-3-7-11-20/h2-15H,16H2,1H3. The molecule has 0 saturated carbocycles. The molecule has 0 radical (unpaired) electrons. The SMILES string of the molecule is COc1ccc(OCP(c2ccccc2)c2ccccc2)cc1. The highest BCUT2D eigenvalue weighted by Crippen LogP contribution is 2.34. The molecule has 0 aromatic heterocycles. The lowest BCUT2D eigenvalue weighted by Crippen LogP contribution is -2.16. The van der Waals surface area contributed by atoms with Gasteiger partial charge in [-0.25, -0.2) is 0 Å². The van der Waals surface area contributed by atoms with Crippen molar-refractivity contribution in [3.63, 3.8) is 0 Å². The number of methoxy groups -OCH3 is 1. The van der Waals surface area contributed by atoms with E-state index in [1.54, 1.807) is 7.11 Å². The van der Waals surface area contributed by atoms with E-state index in [9.17, 15) is 0 Å². The van der Waals surface area contributed by atoms with E-state index in [-0.39, 0.29) is 0 Å². The van der Waals surface area contributed by atoms with Crippen LogP contribution in [0, 0.1) is 0 Å². The van der Waals surface area contributed by atoms with Gasteiger partial charge in [-0.05, 0) is 42.8 Å². The van der Waals surface area contributed by atoms with Crippen LogP contribution in [0.2, 0.25) is 0 Å². The summed E-state index contributed by atoms with van der Waals surface area (Å²) in [6.45, 7) is 0. The molecule has 0 heterocycles. The van der Waals surface area contributed by atoms with E-state index < -0.39 is 7.92 Å². The summed E-state index contributed by atoms with van der Waals surface area (Å²) >= 11 is 0. The Balaban J connectivity index is 1.79. The van der Waals surface area contributed by atoms with Crippen molar-refractivity contribution in [2.45, 2.75) is 0 Å². The Morgan fingerprint density at radius 2 is 1.13 bits per heavy atom. The fraction of sp³-hybridized carbons (Fsp3) is 0.100. The molecule has 3 aromatic rings. The maximum atomic E-state index is 6.05. The number of hydrogen-bond donors (Lipinski definition) is 0. The molecule has 3 rings (SSSR count). The van der Waals surface area contributed by atoms with Gasteiger partial charge in [-0.1, -0.05) is 60.7 Å². The van der Waals surface area contributed by atoms with Crippen molar-refractivity contribution in [1.29, 1.82) is 0 Å². The Bertz CT molecular complexity index is 672. The van der Waals surface area contributed by atoms with Crippen LogP contribution in [-0.2, 0) is 0 Å². The highest BCUT2D eigenvalue weighted by Gasteiger charge is 2.14. The molecule has 0 unspecified atom stereocenters. The summed E-state index contributed by atoms with van der Waals surface area (Å²) < 4.78 is 11.2. The number of ether oxygens (including phenoxy) is 2. The quantitative estimate of drug-likeness (QED) is 0.634. The fourth-order valence-electron chi connectivity index (χ4n) is 2.33. The zero-order valence-corrected chi connectivity index (χ0v) is 13.9. The molecule has 0 atom stereocenters. The summed E-state index contributed by atoms with van der Waals surface area (Å²) in [6.07, 6.45) is 0.662. The molecule has 23 heavy (non-hydrogen) atoms. The Morgan fingerprint density at radius 1 is 0.652 bits per heavy atom.